The standard InChI is InChI=1S/C14H18ClN3/c1-10(2)8-13(11-6-4-3-5-7-11)18-14(16)12(15)9-17-18/h3-7,9-10,13H,8,16H2,1-2H3. The van der Waals surface area contributed by atoms with Crippen LogP contribution in [0, 0.1) is 5.92 Å². The smallest absolute Gasteiger partial charge is 0.141 e. The summed E-state index contributed by atoms with van der Waals surface area (Å²) < 4.78 is 1.82. The maximum Gasteiger partial charge on any atom is 0.141 e. The van der Waals surface area contributed by atoms with Crippen LogP contribution in [-0.4, -0.2) is 9.78 Å². The van der Waals surface area contributed by atoms with E-state index in [4.69, 9.17) is 17.3 Å². The summed E-state index contributed by atoms with van der Waals surface area (Å²) in [5.41, 5.74) is 7.19. The van der Waals surface area contributed by atoms with Crippen LogP contribution in [0.15, 0.2) is 36.5 Å². The molecule has 0 radical (unpaired) electrons. The van der Waals surface area contributed by atoms with Gasteiger partial charge in [0.15, 0.2) is 0 Å². The highest BCUT2D eigenvalue weighted by Crippen LogP contribution is 2.30. The Labute approximate surface area is 113 Å². The molecule has 18 heavy (non-hydrogen) atoms. The second kappa shape index (κ2) is 5.44. The maximum absolute atomic E-state index is 5.99. The van der Waals surface area contributed by atoms with Crippen molar-refractivity contribution in [3.05, 3.63) is 47.1 Å². The zero-order valence-corrected chi connectivity index (χ0v) is 11.4. The van der Waals surface area contributed by atoms with Crippen LogP contribution in [0.1, 0.15) is 31.9 Å². The first kappa shape index (κ1) is 13.0. The Balaban J connectivity index is 2.40. The number of nitrogens with two attached hydrogens (primary N) is 1. The molecule has 2 rings (SSSR count). The minimum Gasteiger partial charge on any atom is -0.383 e. The van der Waals surface area contributed by atoms with E-state index in [1.54, 1.807) is 6.20 Å². The Morgan fingerprint density at radius 3 is 2.44 bits per heavy atom. The molecule has 0 aliphatic heterocycles. The molecule has 2 aromatic rings. The van der Waals surface area contributed by atoms with Crippen molar-refractivity contribution in [2.24, 2.45) is 5.92 Å². The van der Waals surface area contributed by atoms with Gasteiger partial charge in [-0.3, -0.25) is 0 Å². The van der Waals surface area contributed by atoms with Crippen LogP contribution in [0.3, 0.4) is 0 Å². The van der Waals surface area contributed by atoms with Gasteiger partial charge in [-0.15, -0.1) is 0 Å². The molecule has 0 saturated carbocycles. The topological polar surface area (TPSA) is 43.8 Å². The van der Waals surface area contributed by atoms with E-state index in [0.29, 0.717) is 16.8 Å². The van der Waals surface area contributed by atoms with Gasteiger partial charge >= 0.3 is 0 Å². The third-order valence-corrected chi connectivity index (χ3v) is 3.25. The summed E-state index contributed by atoms with van der Waals surface area (Å²) in [5.74, 6) is 1.09. The number of halogens is 1. The highest BCUT2D eigenvalue weighted by atomic mass is 35.5. The number of anilines is 1. The van der Waals surface area contributed by atoms with E-state index in [-0.39, 0.29) is 6.04 Å². The number of nitrogen functional groups attached to an aromatic ring is 1. The average molecular weight is 264 g/mol. The van der Waals surface area contributed by atoms with Crippen molar-refractivity contribution in [1.29, 1.82) is 0 Å². The van der Waals surface area contributed by atoms with Crippen LogP contribution in [0.4, 0.5) is 5.82 Å². The molecular formula is C14H18ClN3. The highest BCUT2D eigenvalue weighted by Gasteiger charge is 2.19. The lowest BCUT2D eigenvalue weighted by Crippen LogP contribution is -2.16. The normalized spacial score (nSPS) is 12.9. The van der Waals surface area contributed by atoms with Crippen molar-refractivity contribution in [2.45, 2.75) is 26.3 Å². The lowest BCUT2D eigenvalue weighted by Gasteiger charge is -2.21. The molecule has 0 spiro atoms. The summed E-state index contributed by atoms with van der Waals surface area (Å²) in [6.07, 6.45) is 2.58. The minimum atomic E-state index is 0.138. The van der Waals surface area contributed by atoms with Gasteiger partial charge in [0.2, 0.25) is 0 Å². The number of hydrogen-bond acceptors (Lipinski definition) is 2. The first-order chi connectivity index (χ1) is 8.59. The zero-order chi connectivity index (χ0) is 13.1. The Morgan fingerprint density at radius 1 is 1.28 bits per heavy atom. The summed E-state index contributed by atoms with van der Waals surface area (Å²) in [5, 5.41) is 4.82. The third kappa shape index (κ3) is 2.67. The highest BCUT2D eigenvalue weighted by molar-refractivity contribution is 6.32. The number of nitrogens with zero attached hydrogens (tertiary/aromatic N) is 2. The van der Waals surface area contributed by atoms with Crippen LogP contribution in [0.25, 0.3) is 0 Å². The molecule has 1 atom stereocenters. The first-order valence-corrected chi connectivity index (χ1v) is 6.50. The largest absolute Gasteiger partial charge is 0.383 e. The van der Waals surface area contributed by atoms with E-state index < -0.39 is 0 Å². The Kier molecular flexibility index (Phi) is 3.92. The summed E-state index contributed by atoms with van der Waals surface area (Å²) in [6, 6.07) is 10.4. The van der Waals surface area contributed by atoms with Gasteiger partial charge in [0.1, 0.15) is 10.8 Å². The molecule has 2 N–H and O–H groups in total. The molecule has 1 aromatic carbocycles. The minimum absolute atomic E-state index is 0.138. The van der Waals surface area contributed by atoms with E-state index in [2.05, 4.69) is 31.1 Å². The van der Waals surface area contributed by atoms with Crippen molar-refractivity contribution in [1.82, 2.24) is 9.78 Å². The van der Waals surface area contributed by atoms with Crippen molar-refractivity contribution >= 4 is 17.4 Å². The summed E-state index contributed by atoms with van der Waals surface area (Å²) in [4.78, 5) is 0. The Hall–Kier alpha value is -1.48. The van der Waals surface area contributed by atoms with Crippen molar-refractivity contribution in [3.63, 3.8) is 0 Å². The van der Waals surface area contributed by atoms with Crippen LogP contribution in [-0.2, 0) is 0 Å². The molecule has 4 heteroatoms. The number of benzene rings is 1. The zero-order valence-electron chi connectivity index (χ0n) is 10.7. The maximum atomic E-state index is 5.99. The second-order valence-corrected chi connectivity index (χ2v) is 5.29. The number of hydrogen-bond donors (Lipinski definition) is 1. The van der Waals surface area contributed by atoms with Gasteiger partial charge in [0.25, 0.3) is 0 Å². The fourth-order valence-corrected chi connectivity index (χ4v) is 2.23. The Bertz CT molecular complexity index is 505. The van der Waals surface area contributed by atoms with E-state index in [1.165, 1.54) is 5.56 Å². The quantitative estimate of drug-likeness (QED) is 0.913. The van der Waals surface area contributed by atoms with Crippen molar-refractivity contribution < 1.29 is 0 Å². The van der Waals surface area contributed by atoms with Gasteiger partial charge in [-0.1, -0.05) is 55.8 Å². The monoisotopic (exact) mass is 263 g/mol. The van der Waals surface area contributed by atoms with Gasteiger partial charge in [0, 0.05) is 0 Å². The van der Waals surface area contributed by atoms with Gasteiger partial charge in [0.05, 0.1) is 12.2 Å². The SMILES string of the molecule is CC(C)CC(c1ccccc1)n1ncc(Cl)c1N. The van der Waals surface area contributed by atoms with E-state index >= 15 is 0 Å². The fraction of sp³-hybridized carbons (Fsp3) is 0.357. The fourth-order valence-electron chi connectivity index (χ4n) is 2.10. The summed E-state index contributed by atoms with van der Waals surface area (Å²) in [6.45, 7) is 4.38. The Morgan fingerprint density at radius 2 is 1.94 bits per heavy atom. The predicted octanol–water partition coefficient (Wildman–Crippen LogP) is 3.75. The lowest BCUT2D eigenvalue weighted by molar-refractivity contribution is 0.426. The van der Waals surface area contributed by atoms with Crippen LogP contribution >= 0.6 is 11.6 Å². The van der Waals surface area contributed by atoms with Gasteiger partial charge in [-0.2, -0.15) is 5.10 Å². The lowest BCUT2D eigenvalue weighted by atomic mass is 9.97. The van der Waals surface area contributed by atoms with Gasteiger partial charge in [-0.25, -0.2) is 4.68 Å². The van der Waals surface area contributed by atoms with E-state index in [0.717, 1.165) is 6.42 Å². The number of rotatable bonds is 4. The van der Waals surface area contributed by atoms with Crippen molar-refractivity contribution in [2.75, 3.05) is 5.73 Å². The third-order valence-electron chi connectivity index (χ3n) is 2.96. The molecule has 0 aliphatic rings. The average Bonchev–Trinajstić information content (AvgIpc) is 2.68. The molecule has 0 amide bonds. The predicted molar refractivity (Wildman–Crippen MR) is 75.7 cm³/mol. The van der Waals surface area contributed by atoms with Gasteiger partial charge in [-0.05, 0) is 17.9 Å². The molecule has 1 aromatic heterocycles. The molecule has 1 heterocycles. The van der Waals surface area contributed by atoms with Crippen LogP contribution < -0.4 is 5.73 Å². The summed E-state index contributed by atoms with van der Waals surface area (Å²) in [7, 11) is 0. The van der Waals surface area contributed by atoms with Crippen LogP contribution in [0.2, 0.25) is 5.02 Å². The molecule has 0 bridgehead atoms. The molecule has 0 fully saturated rings. The molecule has 3 nitrogen and oxygen atoms in total. The molecule has 1 unspecified atom stereocenters. The first-order valence-electron chi connectivity index (χ1n) is 6.13. The second-order valence-electron chi connectivity index (χ2n) is 4.88. The molecule has 96 valence electrons. The summed E-state index contributed by atoms with van der Waals surface area (Å²) >= 11 is 5.99. The van der Waals surface area contributed by atoms with Crippen molar-refractivity contribution in [3.8, 4) is 0 Å². The van der Waals surface area contributed by atoms with E-state index in [9.17, 15) is 0 Å². The molecule has 0 aliphatic carbocycles. The number of aromatic nitrogens is 2. The van der Waals surface area contributed by atoms with Crippen LogP contribution in [0.5, 0.6) is 0 Å². The van der Waals surface area contributed by atoms with E-state index in [1.807, 2.05) is 22.9 Å². The van der Waals surface area contributed by atoms with Gasteiger partial charge < -0.3 is 5.73 Å². The molecular weight excluding hydrogens is 246 g/mol. The molecule has 0 saturated heterocycles.